The molecule has 27 heavy (non-hydrogen) atoms. The molecule has 0 bridgehead atoms. The summed E-state index contributed by atoms with van der Waals surface area (Å²) in [4.78, 5) is 9.02. The van der Waals surface area contributed by atoms with Crippen LogP contribution in [-0.2, 0) is 11.2 Å². The van der Waals surface area contributed by atoms with Gasteiger partial charge in [-0.2, -0.15) is 4.98 Å². The van der Waals surface area contributed by atoms with Crippen LogP contribution >= 0.6 is 0 Å². The number of hydrogen-bond donors (Lipinski definition) is 2. The fourth-order valence-electron chi connectivity index (χ4n) is 3.17. The Kier molecular flexibility index (Phi) is 10.2. The summed E-state index contributed by atoms with van der Waals surface area (Å²) >= 11 is 0. The van der Waals surface area contributed by atoms with Crippen LogP contribution in [0.4, 0.5) is 0 Å². The van der Waals surface area contributed by atoms with Gasteiger partial charge in [0.1, 0.15) is 0 Å². The molecule has 7 nitrogen and oxygen atoms in total. The minimum absolute atomic E-state index is 0.297. The van der Waals surface area contributed by atoms with E-state index in [1.165, 1.54) is 38.5 Å². The summed E-state index contributed by atoms with van der Waals surface area (Å²) in [5.41, 5.74) is 0. The summed E-state index contributed by atoms with van der Waals surface area (Å²) in [5.74, 6) is 2.61. The van der Waals surface area contributed by atoms with Crippen molar-refractivity contribution in [1.82, 2.24) is 20.8 Å². The number of aliphatic imine (C=N–C) groups is 1. The lowest BCUT2D eigenvalue weighted by Crippen LogP contribution is -2.39. The van der Waals surface area contributed by atoms with Crippen LogP contribution in [0.1, 0.15) is 83.3 Å². The number of aromatic nitrogens is 2. The van der Waals surface area contributed by atoms with Crippen LogP contribution in [0.2, 0.25) is 0 Å². The van der Waals surface area contributed by atoms with Crippen molar-refractivity contribution >= 4 is 5.96 Å². The smallest absolute Gasteiger partial charge is 0.226 e. The molecule has 0 unspecified atom stereocenters. The van der Waals surface area contributed by atoms with E-state index in [4.69, 9.17) is 9.26 Å². The maximum atomic E-state index is 6.02. The fraction of sp³-hybridized carbons (Fsp3) is 0.850. The van der Waals surface area contributed by atoms with Crippen molar-refractivity contribution in [3.63, 3.8) is 0 Å². The predicted octanol–water partition coefficient (Wildman–Crippen LogP) is 3.42. The maximum absolute atomic E-state index is 6.02. The van der Waals surface area contributed by atoms with Crippen LogP contribution in [0.15, 0.2) is 9.52 Å². The highest BCUT2D eigenvalue weighted by Gasteiger charge is 2.12. The Bertz CT molecular complexity index is 536. The fourth-order valence-corrected chi connectivity index (χ4v) is 3.17. The first-order valence-electron chi connectivity index (χ1n) is 10.6. The Labute approximate surface area is 163 Å². The Morgan fingerprint density at radius 3 is 2.67 bits per heavy atom. The van der Waals surface area contributed by atoms with E-state index in [0.717, 1.165) is 50.9 Å². The first-order valence-corrected chi connectivity index (χ1v) is 10.6. The van der Waals surface area contributed by atoms with Crippen LogP contribution in [0.3, 0.4) is 0 Å². The van der Waals surface area contributed by atoms with E-state index >= 15 is 0 Å². The normalized spacial score (nSPS) is 16.5. The summed E-state index contributed by atoms with van der Waals surface area (Å²) in [6.07, 6.45) is 9.84. The first-order chi connectivity index (χ1) is 13.2. The molecule has 0 radical (unpaired) electrons. The standard InChI is InChI=1S/C20H37N5O2/c1-4-21-20(23-14-15-26-17-10-7-5-6-8-11-17)22-13-9-12-18-24-19(16(2)3)25-27-18/h16-17H,4-15H2,1-3H3,(H2,21,22,23). The molecule has 2 rings (SSSR count). The van der Waals surface area contributed by atoms with E-state index in [0.29, 0.717) is 17.9 Å². The van der Waals surface area contributed by atoms with Crippen LogP contribution < -0.4 is 10.6 Å². The second-order valence-corrected chi connectivity index (χ2v) is 7.48. The van der Waals surface area contributed by atoms with Gasteiger partial charge in [-0.05, 0) is 26.2 Å². The van der Waals surface area contributed by atoms with Gasteiger partial charge in [0.05, 0.1) is 12.7 Å². The molecular weight excluding hydrogens is 342 g/mol. The SMILES string of the molecule is CCNC(=NCCCc1nc(C(C)C)no1)NCCOC1CCCCCC1. The van der Waals surface area contributed by atoms with Crippen molar-refractivity contribution in [1.29, 1.82) is 0 Å². The third-order valence-corrected chi connectivity index (χ3v) is 4.71. The summed E-state index contributed by atoms with van der Waals surface area (Å²) in [5, 5.41) is 10.6. The van der Waals surface area contributed by atoms with Gasteiger partial charge >= 0.3 is 0 Å². The average molecular weight is 380 g/mol. The van der Waals surface area contributed by atoms with E-state index in [1.807, 2.05) is 0 Å². The van der Waals surface area contributed by atoms with E-state index in [9.17, 15) is 0 Å². The number of nitrogens with one attached hydrogen (secondary N) is 2. The van der Waals surface area contributed by atoms with Crippen molar-refractivity contribution in [3.8, 4) is 0 Å². The maximum Gasteiger partial charge on any atom is 0.226 e. The first kappa shape index (κ1) is 21.7. The Balaban J connectivity index is 1.63. The van der Waals surface area contributed by atoms with E-state index in [-0.39, 0.29) is 0 Å². The lowest BCUT2D eigenvalue weighted by molar-refractivity contribution is 0.0468. The van der Waals surface area contributed by atoms with Gasteiger partial charge in [-0.1, -0.05) is 44.7 Å². The molecule has 0 saturated heterocycles. The molecule has 0 spiro atoms. The van der Waals surface area contributed by atoms with Crippen molar-refractivity contribution in [2.75, 3.05) is 26.2 Å². The molecule has 1 saturated carbocycles. The zero-order valence-electron chi connectivity index (χ0n) is 17.3. The van der Waals surface area contributed by atoms with Crippen molar-refractivity contribution in [2.24, 2.45) is 4.99 Å². The van der Waals surface area contributed by atoms with Crippen LogP contribution in [0.5, 0.6) is 0 Å². The van der Waals surface area contributed by atoms with Gasteiger partial charge < -0.3 is 19.9 Å². The highest BCUT2D eigenvalue weighted by atomic mass is 16.5. The quantitative estimate of drug-likeness (QED) is 0.280. The molecule has 154 valence electrons. The molecule has 0 aromatic carbocycles. The van der Waals surface area contributed by atoms with E-state index < -0.39 is 0 Å². The Hall–Kier alpha value is -1.63. The highest BCUT2D eigenvalue weighted by Crippen LogP contribution is 2.19. The molecule has 7 heteroatoms. The van der Waals surface area contributed by atoms with Gasteiger partial charge in [-0.25, -0.2) is 0 Å². The average Bonchev–Trinajstić information content (AvgIpc) is 2.98. The molecule has 1 heterocycles. The molecular formula is C20H37N5O2. The zero-order chi connectivity index (χ0) is 19.3. The van der Waals surface area contributed by atoms with Gasteiger partial charge in [0.25, 0.3) is 0 Å². The molecule has 1 fully saturated rings. The van der Waals surface area contributed by atoms with E-state index in [1.54, 1.807) is 0 Å². The number of ether oxygens (including phenoxy) is 1. The molecule has 0 aliphatic heterocycles. The second kappa shape index (κ2) is 12.7. The lowest BCUT2D eigenvalue weighted by atomic mass is 10.1. The van der Waals surface area contributed by atoms with Gasteiger partial charge in [0.2, 0.25) is 5.89 Å². The molecule has 0 amide bonds. The number of hydrogen-bond acceptors (Lipinski definition) is 5. The van der Waals surface area contributed by atoms with Gasteiger partial charge in [0, 0.05) is 32.0 Å². The monoisotopic (exact) mass is 379 g/mol. The zero-order valence-corrected chi connectivity index (χ0v) is 17.3. The summed E-state index contributed by atoms with van der Waals surface area (Å²) in [7, 11) is 0. The highest BCUT2D eigenvalue weighted by molar-refractivity contribution is 5.79. The molecule has 1 aromatic heterocycles. The molecule has 1 aromatic rings. The third kappa shape index (κ3) is 8.73. The van der Waals surface area contributed by atoms with Crippen molar-refractivity contribution in [2.45, 2.75) is 84.2 Å². The minimum atomic E-state index is 0.297. The Morgan fingerprint density at radius 1 is 1.22 bits per heavy atom. The van der Waals surface area contributed by atoms with Crippen LogP contribution in [0, 0.1) is 0 Å². The minimum Gasteiger partial charge on any atom is -0.376 e. The lowest BCUT2D eigenvalue weighted by Gasteiger charge is -2.16. The van der Waals surface area contributed by atoms with Gasteiger partial charge in [-0.3, -0.25) is 4.99 Å². The number of guanidine groups is 1. The second-order valence-electron chi connectivity index (χ2n) is 7.48. The third-order valence-electron chi connectivity index (χ3n) is 4.71. The summed E-state index contributed by atoms with van der Waals surface area (Å²) < 4.78 is 11.3. The van der Waals surface area contributed by atoms with Crippen molar-refractivity contribution in [3.05, 3.63) is 11.7 Å². The molecule has 0 atom stereocenters. The van der Waals surface area contributed by atoms with Gasteiger partial charge in [0.15, 0.2) is 11.8 Å². The van der Waals surface area contributed by atoms with E-state index in [2.05, 4.69) is 46.5 Å². The number of rotatable bonds is 10. The van der Waals surface area contributed by atoms with Crippen LogP contribution in [-0.4, -0.2) is 48.4 Å². The molecule has 1 aliphatic rings. The van der Waals surface area contributed by atoms with Gasteiger partial charge in [-0.15, -0.1) is 0 Å². The summed E-state index contributed by atoms with van der Waals surface area (Å²) in [6, 6.07) is 0. The summed E-state index contributed by atoms with van der Waals surface area (Å²) in [6.45, 7) is 9.28. The molecule has 1 aliphatic carbocycles. The van der Waals surface area contributed by atoms with Crippen LogP contribution in [0.25, 0.3) is 0 Å². The topological polar surface area (TPSA) is 84.6 Å². The largest absolute Gasteiger partial charge is 0.376 e. The predicted molar refractivity (Wildman–Crippen MR) is 108 cm³/mol. The Morgan fingerprint density at radius 2 is 2.00 bits per heavy atom. The number of aryl methyl sites for hydroxylation is 1. The molecule has 2 N–H and O–H groups in total. The van der Waals surface area contributed by atoms with Crippen molar-refractivity contribution < 1.29 is 9.26 Å². The number of nitrogens with zero attached hydrogens (tertiary/aromatic N) is 3.